The molecule has 1 aromatic heterocycles. The Morgan fingerprint density at radius 3 is 2.79 bits per heavy atom. The van der Waals surface area contributed by atoms with Crippen LogP contribution in [0.3, 0.4) is 0 Å². The number of nitrogens with zero attached hydrogens (tertiary/aromatic N) is 3. The van der Waals surface area contributed by atoms with Gasteiger partial charge in [0.2, 0.25) is 0 Å². The monoisotopic (exact) mass is 339 g/mol. The molecule has 0 fully saturated rings. The number of halogens is 3. The number of imidazole rings is 1. The Balaban J connectivity index is 1.77. The Morgan fingerprint density at radius 2 is 2.12 bits per heavy atom. The number of guanidine groups is 1. The molecule has 0 aliphatic carbocycles. The van der Waals surface area contributed by atoms with E-state index in [0.717, 1.165) is 25.1 Å². The van der Waals surface area contributed by atoms with Gasteiger partial charge in [-0.2, -0.15) is 13.2 Å². The van der Waals surface area contributed by atoms with E-state index in [1.807, 2.05) is 10.8 Å². The van der Waals surface area contributed by atoms with E-state index in [-0.39, 0.29) is 6.54 Å². The number of aryl methyl sites for hydroxylation is 1. The zero-order chi connectivity index (χ0) is 17.4. The molecule has 0 saturated carbocycles. The van der Waals surface area contributed by atoms with E-state index in [2.05, 4.69) is 20.6 Å². The van der Waals surface area contributed by atoms with E-state index in [1.165, 1.54) is 6.07 Å². The van der Waals surface area contributed by atoms with Crippen LogP contribution in [0.25, 0.3) is 0 Å². The summed E-state index contributed by atoms with van der Waals surface area (Å²) in [5.74, 6) is 0.554. The number of rotatable bonds is 6. The molecule has 5 nitrogen and oxygen atoms in total. The Kier molecular flexibility index (Phi) is 6.22. The van der Waals surface area contributed by atoms with Crippen LogP contribution >= 0.6 is 0 Å². The van der Waals surface area contributed by atoms with Crippen LogP contribution in [-0.4, -0.2) is 29.1 Å². The van der Waals surface area contributed by atoms with E-state index in [0.29, 0.717) is 18.1 Å². The Bertz CT molecular complexity index is 650. The van der Waals surface area contributed by atoms with Crippen LogP contribution in [-0.2, 0) is 19.3 Å². The highest BCUT2D eigenvalue weighted by atomic mass is 19.4. The molecule has 0 atom stereocenters. The maximum Gasteiger partial charge on any atom is 0.416 e. The zero-order valence-electron chi connectivity index (χ0n) is 13.3. The Labute approximate surface area is 138 Å². The highest BCUT2D eigenvalue weighted by molar-refractivity contribution is 5.79. The summed E-state index contributed by atoms with van der Waals surface area (Å²) in [4.78, 5) is 8.03. The lowest BCUT2D eigenvalue weighted by atomic mass is 10.1. The van der Waals surface area contributed by atoms with Gasteiger partial charge in [0.15, 0.2) is 5.96 Å². The van der Waals surface area contributed by atoms with E-state index >= 15 is 0 Å². The van der Waals surface area contributed by atoms with Gasteiger partial charge in [0, 0.05) is 39.1 Å². The SMILES string of the molecule is CN=C(NCCCn1ccnc1)NCc1cccc(C(F)(F)F)c1. The van der Waals surface area contributed by atoms with Crippen LogP contribution in [0.5, 0.6) is 0 Å². The Morgan fingerprint density at radius 1 is 1.29 bits per heavy atom. The minimum absolute atomic E-state index is 0.269. The fourth-order valence-corrected chi connectivity index (χ4v) is 2.15. The smallest absolute Gasteiger partial charge is 0.356 e. The van der Waals surface area contributed by atoms with Gasteiger partial charge in [-0.3, -0.25) is 4.99 Å². The van der Waals surface area contributed by atoms with Gasteiger partial charge in [0.05, 0.1) is 11.9 Å². The summed E-state index contributed by atoms with van der Waals surface area (Å²) in [5, 5.41) is 6.14. The predicted molar refractivity (Wildman–Crippen MR) is 86.5 cm³/mol. The van der Waals surface area contributed by atoms with E-state index in [4.69, 9.17) is 0 Å². The molecule has 2 rings (SSSR count). The fourth-order valence-electron chi connectivity index (χ4n) is 2.15. The molecule has 8 heteroatoms. The van der Waals surface area contributed by atoms with Crippen LogP contribution in [0.15, 0.2) is 48.0 Å². The third-order valence-corrected chi connectivity index (χ3v) is 3.38. The first-order chi connectivity index (χ1) is 11.5. The van der Waals surface area contributed by atoms with Crippen molar-refractivity contribution in [1.82, 2.24) is 20.2 Å². The molecule has 0 amide bonds. The van der Waals surface area contributed by atoms with Crippen molar-refractivity contribution in [2.45, 2.75) is 25.7 Å². The van der Waals surface area contributed by atoms with Crippen LogP contribution in [0.2, 0.25) is 0 Å². The predicted octanol–water partition coefficient (Wildman–Crippen LogP) is 2.66. The fraction of sp³-hybridized carbons (Fsp3) is 0.375. The van der Waals surface area contributed by atoms with Gasteiger partial charge in [-0.1, -0.05) is 12.1 Å². The number of alkyl halides is 3. The van der Waals surface area contributed by atoms with E-state index in [9.17, 15) is 13.2 Å². The zero-order valence-corrected chi connectivity index (χ0v) is 13.3. The molecule has 0 aliphatic rings. The number of hydrogen-bond acceptors (Lipinski definition) is 2. The molecule has 0 spiro atoms. The molecule has 2 N–H and O–H groups in total. The summed E-state index contributed by atoms with van der Waals surface area (Å²) in [6.07, 6.45) is 1.91. The summed E-state index contributed by atoms with van der Waals surface area (Å²) in [6, 6.07) is 5.25. The summed E-state index contributed by atoms with van der Waals surface area (Å²) in [5.41, 5.74) is -0.101. The summed E-state index contributed by atoms with van der Waals surface area (Å²) in [6.45, 7) is 1.79. The van der Waals surface area contributed by atoms with Crippen molar-refractivity contribution in [3.05, 3.63) is 54.1 Å². The topological polar surface area (TPSA) is 54.2 Å². The molecule has 2 aromatic rings. The average molecular weight is 339 g/mol. The van der Waals surface area contributed by atoms with Gasteiger partial charge in [0.1, 0.15) is 0 Å². The van der Waals surface area contributed by atoms with Crippen molar-refractivity contribution >= 4 is 5.96 Å². The van der Waals surface area contributed by atoms with Crippen LogP contribution in [0, 0.1) is 0 Å². The first-order valence-electron chi connectivity index (χ1n) is 7.55. The van der Waals surface area contributed by atoms with Gasteiger partial charge < -0.3 is 15.2 Å². The maximum absolute atomic E-state index is 12.7. The lowest BCUT2D eigenvalue weighted by molar-refractivity contribution is -0.137. The largest absolute Gasteiger partial charge is 0.416 e. The van der Waals surface area contributed by atoms with Gasteiger partial charge in [0.25, 0.3) is 0 Å². The molecule has 0 saturated heterocycles. The lowest BCUT2D eigenvalue weighted by Crippen LogP contribution is -2.37. The molecule has 0 aliphatic heterocycles. The minimum atomic E-state index is -4.33. The van der Waals surface area contributed by atoms with Crippen LogP contribution < -0.4 is 10.6 Å². The average Bonchev–Trinajstić information content (AvgIpc) is 3.07. The molecular formula is C16H20F3N5. The van der Waals surface area contributed by atoms with Crippen molar-refractivity contribution in [1.29, 1.82) is 0 Å². The van der Waals surface area contributed by atoms with Crippen molar-refractivity contribution in [3.8, 4) is 0 Å². The first kappa shape index (κ1) is 17.8. The number of hydrogen-bond donors (Lipinski definition) is 2. The summed E-state index contributed by atoms with van der Waals surface area (Å²) < 4.78 is 40.0. The number of benzene rings is 1. The summed E-state index contributed by atoms with van der Waals surface area (Å²) in [7, 11) is 1.62. The van der Waals surface area contributed by atoms with Crippen molar-refractivity contribution in [3.63, 3.8) is 0 Å². The van der Waals surface area contributed by atoms with E-state index in [1.54, 1.807) is 25.6 Å². The standard InChI is InChI=1S/C16H20F3N5/c1-20-15(22-6-3-8-24-9-7-21-12-24)23-11-13-4-2-5-14(10-13)16(17,18)19/h2,4-5,7,9-10,12H,3,6,8,11H2,1H3,(H2,20,22,23). The second-order valence-corrected chi connectivity index (χ2v) is 5.20. The highest BCUT2D eigenvalue weighted by Gasteiger charge is 2.30. The van der Waals surface area contributed by atoms with Crippen molar-refractivity contribution in [2.75, 3.05) is 13.6 Å². The number of aliphatic imine (C=N–C) groups is 1. The second-order valence-electron chi connectivity index (χ2n) is 5.20. The number of nitrogens with one attached hydrogen (secondary N) is 2. The molecule has 0 radical (unpaired) electrons. The van der Waals surface area contributed by atoms with Crippen molar-refractivity contribution < 1.29 is 13.2 Å². The van der Waals surface area contributed by atoms with Crippen LogP contribution in [0.4, 0.5) is 13.2 Å². The Hall–Kier alpha value is -2.51. The van der Waals surface area contributed by atoms with Gasteiger partial charge in [-0.05, 0) is 24.1 Å². The molecule has 1 heterocycles. The molecule has 0 bridgehead atoms. The quantitative estimate of drug-likeness (QED) is 0.483. The summed E-state index contributed by atoms with van der Waals surface area (Å²) >= 11 is 0. The third-order valence-electron chi connectivity index (χ3n) is 3.38. The molecule has 130 valence electrons. The molecule has 24 heavy (non-hydrogen) atoms. The van der Waals surface area contributed by atoms with Gasteiger partial charge in [-0.25, -0.2) is 4.98 Å². The van der Waals surface area contributed by atoms with Crippen molar-refractivity contribution in [2.24, 2.45) is 4.99 Å². The number of aromatic nitrogens is 2. The molecule has 0 unspecified atom stereocenters. The third kappa shape index (κ3) is 5.60. The molecular weight excluding hydrogens is 319 g/mol. The lowest BCUT2D eigenvalue weighted by Gasteiger charge is -2.13. The second kappa shape index (κ2) is 8.37. The minimum Gasteiger partial charge on any atom is -0.356 e. The van der Waals surface area contributed by atoms with E-state index < -0.39 is 11.7 Å². The van der Waals surface area contributed by atoms with Crippen LogP contribution in [0.1, 0.15) is 17.5 Å². The maximum atomic E-state index is 12.7. The first-order valence-corrected chi connectivity index (χ1v) is 7.55. The van der Waals surface area contributed by atoms with Gasteiger partial charge in [-0.15, -0.1) is 0 Å². The highest BCUT2D eigenvalue weighted by Crippen LogP contribution is 2.29. The normalized spacial score (nSPS) is 12.2. The molecule has 1 aromatic carbocycles. The van der Waals surface area contributed by atoms with Gasteiger partial charge >= 0.3 is 6.18 Å².